The summed E-state index contributed by atoms with van der Waals surface area (Å²) in [5.74, 6) is 0.729. The van der Waals surface area contributed by atoms with Gasteiger partial charge >= 0.3 is 0 Å². The summed E-state index contributed by atoms with van der Waals surface area (Å²) in [6.07, 6.45) is 7.46. The average molecular weight is 409 g/mol. The van der Waals surface area contributed by atoms with Gasteiger partial charge in [-0.25, -0.2) is 12.4 Å². The Morgan fingerprint density at radius 1 is 1.10 bits per heavy atom. The molecule has 6 heteroatoms. The van der Waals surface area contributed by atoms with Gasteiger partial charge in [0.1, 0.15) is 5.75 Å². The van der Waals surface area contributed by atoms with E-state index in [1.165, 1.54) is 22.4 Å². The molecule has 0 N–H and O–H groups in total. The van der Waals surface area contributed by atoms with Gasteiger partial charge in [-0.1, -0.05) is 24.3 Å². The van der Waals surface area contributed by atoms with Crippen molar-refractivity contribution in [2.75, 3.05) is 20.2 Å². The fourth-order valence-corrected chi connectivity index (χ4v) is 6.01. The standard InChI is InChI=1S/C23H24N2O3S/c1-28-19-9-10-23-21(15-19)22(17-11-13-24-12-5-6-18(24)14-17)16-25(23)29(26,27)20-7-3-2-4-8-20/h2-4,7-11,15-16,18H,5-6,12-14H2,1H3/t18-/m1/s1. The number of rotatable bonds is 4. The lowest BCUT2D eigenvalue weighted by Gasteiger charge is -2.29. The van der Waals surface area contributed by atoms with Crippen LogP contribution in [-0.4, -0.2) is 43.5 Å². The normalized spacial score (nSPS) is 19.9. The van der Waals surface area contributed by atoms with Crippen LogP contribution in [-0.2, 0) is 10.0 Å². The lowest BCUT2D eigenvalue weighted by atomic mass is 9.94. The van der Waals surface area contributed by atoms with Crippen LogP contribution >= 0.6 is 0 Å². The summed E-state index contributed by atoms with van der Waals surface area (Å²) in [4.78, 5) is 2.81. The largest absolute Gasteiger partial charge is 0.497 e. The predicted octanol–water partition coefficient (Wildman–Crippen LogP) is 4.14. The summed E-state index contributed by atoms with van der Waals surface area (Å²) < 4.78 is 33.6. The molecule has 0 bridgehead atoms. The minimum Gasteiger partial charge on any atom is -0.497 e. The van der Waals surface area contributed by atoms with Crippen LogP contribution in [0.15, 0.2) is 65.7 Å². The molecule has 2 aromatic carbocycles. The van der Waals surface area contributed by atoms with Gasteiger partial charge in [-0.15, -0.1) is 0 Å². The minimum absolute atomic E-state index is 0.291. The second-order valence-electron chi connectivity index (χ2n) is 7.76. The van der Waals surface area contributed by atoms with E-state index < -0.39 is 10.0 Å². The highest BCUT2D eigenvalue weighted by atomic mass is 32.2. The van der Waals surface area contributed by atoms with Crippen molar-refractivity contribution in [2.24, 2.45) is 0 Å². The quantitative estimate of drug-likeness (QED) is 0.651. The van der Waals surface area contributed by atoms with E-state index >= 15 is 0 Å². The molecule has 3 heterocycles. The van der Waals surface area contributed by atoms with Gasteiger partial charge in [0.2, 0.25) is 0 Å². The van der Waals surface area contributed by atoms with E-state index in [2.05, 4.69) is 11.0 Å². The van der Waals surface area contributed by atoms with Gasteiger partial charge in [0.05, 0.1) is 17.5 Å². The lowest BCUT2D eigenvalue weighted by molar-refractivity contribution is 0.275. The molecule has 5 nitrogen and oxygen atoms in total. The van der Waals surface area contributed by atoms with E-state index in [0.29, 0.717) is 16.5 Å². The molecule has 5 rings (SSSR count). The molecular formula is C23H24N2O3S. The third kappa shape index (κ3) is 3.07. The molecule has 29 heavy (non-hydrogen) atoms. The first kappa shape index (κ1) is 18.5. The maximum atomic E-state index is 13.4. The van der Waals surface area contributed by atoms with Gasteiger partial charge in [0, 0.05) is 29.7 Å². The number of hydrogen-bond donors (Lipinski definition) is 0. The number of ether oxygens (including phenoxy) is 1. The molecule has 0 spiro atoms. The van der Waals surface area contributed by atoms with Crippen molar-refractivity contribution >= 4 is 26.5 Å². The Kier molecular flexibility index (Phi) is 4.48. The Hall–Kier alpha value is -2.57. The van der Waals surface area contributed by atoms with Crippen LogP contribution in [0.25, 0.3) is 16.5 Å². The highest BCUT2D eigenvalue weighted by molar-refractivity contribution is 7.90. The number of fused-ring (bicyclic) bond motifs is 2. The summed E-state index contributed by atoms with van der Waals surface area (Å²) in [5.41, 5.74) is 2.90. The second-order valence-corrected chi connectivity index (χ2v) is 9.58. The fourth-order valence-electron chi connectivity index (χ4n) is 4.62. The number of hydrogen-bond acceptors (Lipinski definition) is 4. The molecule has 0 unspecified atom stereocenters. The molecule has 0 radical (unpaired) electrons. The molecule has 0 aliphatic carbocycles. The van der Waals surface area contributed by atoms with Gasteiger partial charge < -0.3 is 4.74 Å². The summed E-state index contributed by atoms with van der Waals surface area (Å²) in [5, 5.41) is 0.918. The lowest BCUT2D eigenvalue weighted by Crippen LogP contribution is -2.32. The molecule has 3 aromatic rings. The molecular weight excluding hydrogens is 384 g/mol. The number of aromatic nitrogens is 1. The van der Waals surface area contributed by atoms with Crippen LogP contribution in [0.5, 0.6) is 5.75 Å². The first-order chi connectivity index (χ1) is 14.1. The number of benzene rings is 2. The highest BCUT2D eigenvalue weighted by Gasteiger charge is 2.30. The van der Waals surface area contributed by atoms with Crippen LogP contribution in [0.4, 0.5) is 0 Å². The molecule has 1 atom stereocenters. The molecule has 1 saturated heterocycles. The summed E-state index contributed by atoms with van der Waals surface area (Å²) in [6.45, 7) is 2.09. The Bertz CT molecular complexity index is 1200. The van der Waals surface area contributed by atoms with E-state index in [9.17, 15) is 8.42 Å². The van der Waals surface area contributed by atoms with Crippen molar-refractivity contribution in [2.45, 2.75) is 30.2 Å². The monoisotopic (exact) mass is 408 g/mol. The minimum atomic E-state index is -3.68. The number of methoxy groups -OCH3 is 1. The van der Waals surface area contributed by atoms with Crippen LogP contribution in [0.1, 0.15) is 24.8 Å². The van der Waals surface area contributed by atoms with E-state index in [1.807, 2.05) is 24.3 Å². The Balaban J connectivity index is 1.69. The molecule has 150 valence electrons. The third-order valence-electron chi connectivity index (χ3n) is 6.15. The van der Waals surface area contributed by atoms with Gasteiger partial charge in [-0.05, 0) is 61.7 Å². The Labute approximate surface area is 171 Å². The van der Waals surface area contributed by atoms with Crippen LogP contribution in [0.2, 0.25) is 0 Å². The smallest absolute Gasteiger partial charge is 0.268 e. The first-order valence-electron chi connectivity index (χ1n) is 10.0. The topological polar surface area (TPSA) is 51.5 Å². The van der Waals surface area contributed by atoms with E-state index in [1.54, 1.807) is 37.6 Å². The number of nitrogens with zero attached hydrogens (tertiary/aromatic N) is 2. The van der Waals surface area contributed by atoms with E-state index in [-0.39, 0.29) is 0 Å². The maximum Gasteiger partial charge on any atom is 0.268 e. The Morgan fingerprint density at radius 3 is 2.72 bits per heavy atom. The highest BCUT2D eigenvalue weighted by Crippen LogP contribution is 2.38. The van der Waals surface area contributed by atoms with Crippen LogP contribution in [0, 0.1) is 0 Å². The van der Waals surface area contributed by atoms with Crippen molar-refractivity contribution in [3.05, 3.63) is 66.4 Å². The molecule has 1 fully saturated rings. The molecule has 2 aliphatic heterocycles. The Morgan fingerprint density at radius 2 is 1.93 bits per heavy atom. The molecule has 1 aromatic heterocycles. The van der Waals surface area contributed by atoms with Crippen molar-refractivity contribution in [1.82, 2.24) is 8.87 Å². The van der Waals surface area contributed by atoms with Crippen molar-refractivity contribution in [3.63, 3.8) is 0 Å². The zero-order valence-corrected chi connectivity index (χ0v) is 17.2. The summed E-state index contributed by atoms with van der Waals surface area (Å²) >= 11 is 0. The van der Waals surface area contributed by atoms with E-state index in [0.717, 1.165) is 36.2 Å². The summed E-state index contributed by atoms with van der Waals surface area (Å²) in [6, 6.07) is 14.8. The van der Waals surface area contributed by atoms with Crippen molar-refractivity contribution in [3.8, 4) is 5.75 Å². The van der Waals surface area contributed by atoms with Gasteiger partial charge in [-0.3, -0.25) is 4.90 Å². The summed E-state index contributed by atoms with van der Waals surface area (Å²) in [7, 11) is -2.05. The zero-order valence-electron chi connectivity index (χ0n) is 16.4. The molecule has 2 aliphatic rings. The van der Waals surface area contributed by atoms with Gasteiger partial charge in [0.15, 0.2) is 0 Å². The van der Waals surface area contributed by atoms with Crippen molar-refractivity contribution < 1.29 is 13.2 Å². The van der Waals surface area contributed by atoms with Gasteiger partial charge in [0.25, 0.3) is 10.0 Å². The third-order valence-corrected chi connectivity index (χ3v) is 7.84. The zero-order chi connectivity index (χ0) is 20.0. The predicted molar refractivity (Wildman–Crippen MR) is 115 cm³/mol. The van der Waals surface area contributed by atoms with Crippen molar-refractivity contribution in [1.29, 1.82) is 0 Å². The molecule has 0 saturated carbocycles. The molecule has 0 amide bonds. The van der Waals surface area contributed by atoms with E-state index in [4.69, 9.17) is 4.74 Å². The van der Waals surface area contributed by atoms with Crippen LogP contribution < -0.4 is 4.74 Å². The fraction of sp³-hybridized carbons (Fsp3) is 0.304. The SMILES string of the molecule is COc1ccc2c(c1)c(C1=CCN3CCC[C@@H]3C1)cn2S(=O)(=O)c1ccccc1. The first-order valence-corrected chi connectivity index (χ1v) is 11.4. The van der Waals surface area contributed by atoms with Crippen LogP contribution in [0.3, 0.4) is 0 Å². The average Bonchev–Trinajstić information content (AvgIpc) is 3.38. The van der Waals surface area contributed by atoms with Gasteiger partial charge in [-0.2, -0.15) is 0 Å². The maximum absolute atomic E-state index is 13.4. The second kappa shape index (κ2) is 7.04.